The number of nitriles is 1. The molecule has 112 valence electrons. The van der Waals surface area contributed by atoms with Crippen LogP contribution >= 0.6 is 0 Å². The number of pyridine rings is 1. The van der Waals surface area contributed by atoms with Crippen LogP contribution in [-0.4, -0.2) is 27.6 Å². The van der Waals surface area contributed by atoms with Crippen molar-refractivity contribution in [3.8, 4) is 6.07 Å². The van der Waals surface area contributed by atoms with E-state index in [9.17, 15) is 5.26 Å². The summed E-state index contributed by atoms with van der Waals surface area (Å²) in [6, 6.07) is 12.2. The lowest BCUT2D eigenvalue weighted by atomic mass is 10.1. The maximum absolute atomic E-state index is 9.52. The zero-order valence-corrected chi connectivity index (χ0v) is 12.5. The van der Waals surface area contributed by atoms with Gasteiger partial charge in [0, 0.05) is 13.2 Å². The Bertz CT molecular complexity index is 860. The van der Waals surface area contributed by atoms with Gasteiger partial charge in [0.25, 0.3) is 0 Å². The van der Waals surface area contributed by atoms with Crippen molar-refractivity contribution in [2.45, 2.75) is 19.8 Å². The SMILES string of the molecule is CCc1cc(NCCCO)n2c(nc3ccccc32)c1C#N. The molecule has 0 bridgehead atoms. The molecule has 0 radical (unpaired) electrons. The van der Waals surface area contributed by atoms with Gasteiger partial charge >= 0.3 is 0 Å². The summed E-state index contributed by atoms with van der Waals surface area (Å²) in [5, 5.41) is 21.8. The summed E-state index contributed by atoms with van der Waals surface area (Å²) >= 11 is 0. The van der Waals surface area contributed by atoms with Crippen LogP contribution in [0.15, 0.2) is 30.3 Å². The molecule has 2 aromatic heterocycles. The lowest BCUT2D eigenvalue weighted by Gasteiger charge is -2.13. The Morgan fingerprint density at radius 2 is 2.18 bits per heavy atom. The normalized spacial score (nSPS) is 11.0. The number of aryl methyl sites for hydroxylation is 1. The molecule has 0 saturated heterocycles. The summed E-state index contributed by atoms with van der Waals surface area (Å²) in [5.41, 5.74) is 4.15. The summed E-state index contributed by atoms with van der Waals surface area (Å²) in [4.78, 5) is 4.63. The van der Waals surface area contributed by atoms with Crippen LogP contribution in [0.5, 0.6) is 0 Å². The molecular formula is C17H18N4O. The average molecular weight is 294 g/mol. The largest absolute Gasteiger partial charge is 0.396 e. The maximum atomic E-state index is 9.52. The van der Waals surface area contributed by atoms with Crippen LogP contribution in [0, 0.1) is 11.3 Å². The van der Waals surface area contributed by atoms with E-state index in [1.54, 1.807) is 0 Å². The van der Waals surface area contributed by atoms with Crippen LogP contribution in [-0.2, 0) is 6.42 Å². The Labute approximate surface area is 128 Å². The minimum Gasteiger partial charge on any atom is -0.396 e. The van der Waals surface area contributed by atoms with Crippen molar-refractivity contribution in [2.24, 2.45) is 0 Å². The molecule has 0 saturated carbocycles. The predicted molar refractivity (Wildman–Crippen MR) is 87.0 cm³/mol. The fraction of sp³-hybridized carbons (Fsp3) is 0.294. The van der Waals surface area contributed by atoms with Crippen LogP contribution in [0.3, 0.4) is 0 Å². The number of rotatable bonds is 5. The second-order valence-corrected chi connectivity index (χ2v) is 5.16. The third-order valence-electron chi connectivity index (χ3n) is 3.79. The standard InChI is InChI=1S/C17H18N4O/c1-2-12-10-16(19-8-5-9-22)21-15-7-4-3-6-14(15)20-17(21)13(12)11-18/h3-4,6-7,10,19,22H,2,5,8-9H2,1H3. The van der Waals surface area contributed by atoms with Crippen molar-refractivity contribution >= 4 is 22.5 Å². The molecular weight excluding hydrogens is 276 g/mol. The fourth-order valence-corrected chi connectivity index (χ4v) is 2.71. The van der Waals surface area contributed by atoms with Crippen molar-refractivity contribution < 1.29 is 5.11 Å². The molecule has 3 rings (SSSR count). The molecule has 5 nitrogen and oxygen atoms in total. The summed E-state index contributed by atoms with van der Waals surface area (Å²) in [6.45, 7) is 2.86. The molecule has 0 amide bonds. The second-order valence-electron chi connectivity index (χ2n) is 5.16. The van der Waals surface area contributed by atoms with Gasteiger partial charge in [-0.1, -0.05) is 19.1 Å². The number of nitrogens with one attached hydrogen (secondary N) is 1. The number of anilines is 1. The molecule has 2 N–H and O–H groups in total. The van der Waals surface area contributed by atoms with Gasteiger partial charge in [-0.25, -0.2) is 4.98 Å². The predicted octanol–water partition coefficient (Wildman–Crippen LogP) is 2.72. The van der Waals surface area contributed by atoms with Crippen LogP contribution < -0.4 is 5.32 Å². The number of hydrogen-bond acceptors (Lipinski definition) is 4. The third kappa shape index (κ3) is 2.28. The monoisotopic (exact) mass is 294 g/mol. The zero-order chi connectivity index (χ0) is 15.5. The van der Waals surface area contributed by atoms with Gasteiger partial charge < -0.3 is 10.4 Å². The zero-order valence-electron chi connectivity index (χ0n) is 12.5. The number of aliphatic hydroxyl groups is 1. The van der Waals surface area contributed by atoms with Crippen molar-refractivity contribution in [2.75, 3.05) is 18.5 Å². The van der Waals surface area contributed by atoms with Gasteiger partial charge in [-0.2, -0.15) is 5.26 Å². The quantitative estimate of drug-likeness (QED) is 0.710. The lowest BCUT2D eigenvalue weighted by molar-refractivity contribution is 0.292. The van der Waals surface area contributed by atoms with Gasteiger partial charge in [-0.15, -0.1) is 0 Å². The highest BCUT2D eigenvalue weighted by Crippen LogP contribution is 2.27. The van der Waals surface area contributed by atoms with Gasteiger partial charge in [0.05, 0.1) is 16.6 Å². The molecule has 2 heterocycles. The van der Waals surface area contributed by atoms with E-state index in [0.29, 0.717) is 24.2 Å². The minimum absolute atomic E-state index is 0.151. The molecule has 22 heavy (non-hydrogen) atoms. The first-order chi connectivity index (χ1) is 10.8. The van der Waals surface area contributed by atoms with Gasteiger partial charge in [-0.05, 0) is 36.6 Å². The van der Waals surface area contributed by atoms with Crippen molar-refractivity contribution in [1.82, 2.24) is 9.38 Å². The molecule has 0 unspecified atom stereocenters. The van der Waals surface area contributed by atoms with E-state index in [0.717, 1.165) is 28.8 Å². The van der Waals surface area contributed by atoms with Crippen molar-refractivity contribution in [1.29, 1.82) is 5.26 Å². The van der Waals surface area contributed by atoms with Gasteiger partial charge in [0.1, 0.15) is 11.9 Å². The number of nitrogens with zero attached hydrogens (tertiary/aromatic N) is 3. The first-order valence-corrected chi connectivity index (χ1v) is 7.48. The number of aromatic nitrogens is 2. The number of para-hydroxylation sites is 2. The number of hydrogen-bond donors (Lipinski definition) is 2. The Morgan fingerprint density at radius 3 is 2.91 bits per heavy atom. The fourth-order valence-electron chi connectivity index (χ4n) is 2.71. The second kappa shape index (κ2) is 6.04. The summed E-state index contributed by atoms with van der Waals surface area (Å²) in [7, 11) is 0. The Balaban J connectivity index is 2.30. The number of imidazole rings is 1. The molecule has 0 fully saturated rings. The Hall–Kier alpha value is -2.58. The minimum atomic E-state index is 0.151. The van der Waals surface area contributed by atoms with E-state index in [4.69, 9.17) is 5.11 Å². The van der Waals surface area contributed by atoms with Crippen molar-refractivity contribution in [3.05, 3.63) is 41.5 Å². The number of benzene rings is 1. The molecule has 1 aromatic carbocycles. The molecule has 5 heteroatoms. The summed E-state index contributed by atoms with van der Waals surface area (Å²) < 4.78 is 1.99. The summed E-state index contributed by atoms with van der Waals surface area (Å²) in [6.07, 6.45) is 1.45. The van der Waals surface area contributed by atoms with Gasteiger partial charge in [0.15, 0.2) is 5.65 Å². The molecule has 0 spiro atoms. The topological polar surface area (TPSA) is 73.3 Å². The average Bonchev–Trinajstić information content (AvgIpc) is 2.94. The maximum Gasteiger partial charge on any atom is 0.157 e. The van der Waals surface area contributed by atoms with Crippen LogP contribution in [0.4, 0.5) is 5.82 Å². The van der Waals surface area contributed by atoms with Crippen molar-refractivity contribution in [3.63, 3.8) is 0 Å². The first-order valence-electron chi connectivity index (χ1n) is 7.48. The van der Waals surface area contributed by atoms with Crippen LogP contribution in [0.2, 0.25) is 0 Å². The molecule has 0 aliphatic heterocycles. The van der Waals surface area contributed by atoms with E-state index >= 15 is 0 Å². The highest BCUT2D eigenvalue weighted by atomic mass is 16.3. The Kier molecular flexibility index (Phi) is 3.94. The number of aliphatic hydroxyl groups excluding tert-OH is 1. The molecule has 3 aromatic rings. The van der Waals surface area contributed by atoms with Crippen LogP contribution in [0.25, 0.3) is 16.7 Å². The van der Waals surface area contributed by atoms with Gasteiger partial charge in [-0.3, -0.25) is 4.40 Å². The van der Waals surface area contributed by atoms with E-state index < -0.39 is 0 Å². The highest BCUT2D eigenvalue weighted by molar-refractivity contribution is 5.85. The molecule has 0 aliphatic rings. The number of fused-ring (bicyclic) bond motifs is 3. The van der Waals surface area contributed by atoms with E-state index in [1.807, 2.05) is 41.7 Å². The third-order valence-corrected chi connectivity index (χ3v) is 3.79. The Morgan fingerprint density at radius 1 is 1.36 bits per heavy atom. The van der Waals surface area contributed by atoms with Gasteiger partial charge in [0.2, 0.25) is 0 Å². The first kappa shape index (κ1) is 14.4. The smallest absolute Gasteiger partial charge is 0.157 e. The molecule has 0 atom stereocenters. The van der Waals surface area contributed by atoms with E-state index in [1.165, 1.54) is 0 Å². The van der Waals surface area contributed by atoms with E-state index in [-0.39, 0.29) is 6.61 Å². The summed E-state index contributed by atoms with van der Waals surface area (Å²) in [5.74, 6) is 0.910. The van der Waals surface area contributed by atoms with E-state index in [2.05, 4.69) is 16.4 Å². The highest BCUT2D eigenvalue weighted by Gasteiger charge is 2.15. The molecule has 0 aliphatic carbocycles. The van der Waals surface area contributed by atoms with Crippen LogP contribution in [0.1, 0.15) is 24.5 Å². The lowest BCUT2D eigenvalue weighted by Crippen LogP contribution is -2.09.